The van der Waals surface area contributed by atoms with Gasteiger partial charge in [0.05, 0.1) is 18.1 Å². The molecule has 1 rings (SSSR count). The Labute approximate surface area is 125 Å². The Kier molecular flexibility index (Phi) is 7.60. The van der Waals surface area contributed by atoms with Crippen molar-refractivity contribution in [2.24, 2.45) is 5.73 Å². The number of ether oxygens (including phenoxy) is 1. The molecule has 3 N–H and O–H groups in total. The fraction of sp³-hybridized carbons (Fsp3) is 0.429. The summed E-state index contributed by atoms with van der Waals surface area (Å²) in [5, 5.41) is 2.80. The molecule has 0 aromatic heterocycles. The molecule has 0 fully saturated rings. The van der Waals surface area contributed by atoms with E-state index in [9.17, 15) is 4.79 Å². The maximum absolute atomic E-state index is 11.9. The minimum Gasteiger partial charge on any atom is -0.393 e. The van der Waals surface area contributed by atoms with E-state index in [4.69, 9.17) is 22.7 Å². The summed E-state index contributed by atoms with van der Waals surface area (Å²) >= 11 is 4.90. The number of hydrogen-bond acceptors (Lipinski definition) is 4. The van der Waals surface area contributed by atoms with E-state index in [2.05, 4.69) is 5.32 Å². The second-order valence-electron chi connectivity index (χ2n) is 4.32. The van der Waals surface area contributed by atoms with Gasteiger partial charge >= 0.3 is 0 Å². The maximum Gasteiger partial charge on any atom is 0.239 e. The maximum atomic E-state index is 11.9. The molecule has 0 aliphatic rings. The van der Waals surface area contributed by atoms with E-state index in [1.54, 1.807) is 7.11 Å². The number of methoxy groups -OCH3 is 1. The van der Waals surface area contributed by atoms with E-state index in [0.29, 0.717) is 31.1 Å². The normalized spacial score (nSPS) is 10.1. The van der Waals surface area contributed by atoms with E-state index in [1.165, 1.54) is 0 Å². The highest BCUT2D eigenvalue weighted by atomic mass is 32.1. The summed E-state index contributed by atoms with van der Waals surface area (Å²) in [6, 6.07) is 9.73. The molecule has 5 nitrogen and oxygen atoms in total. The minimum atomic E-state index is -0.0474. The molecule has 0 aliphatic carbocycles. The Morgan fingerprint density at radius 3 is 2.70 bits per heavy atom. The number of thiocarbonyl (C=S) groups is 1. The highest BCUT2D eigenvalue weighted by Gasteiger charge is 2.11. The van der Waals surface area contributed by atoms with Gasteiger partial charge in [-0.25, -0.2) is 0 Å². The number of hydrogen-bond donors (Lipinski definition) is 2. The molecule has 0 heterocycles. The SMILES string of the molecule is COCCNC(=O)CN(CCC(N)=S)c1ccccc1. The highest BCUT2D eigenvalue weighted by Crippen LogP contribution is 2.13. The summed E-state index contributed by atoms with van der Waals surface area (Å²) in [6.07, 6.45) is 0.579. The van der Waals surface area contributed by atoms with Crippen molar-refractivity contribution in [2.75, 3.05) is 38.3 Å². The molecular weight excluding hydrogens is 274 g/mol. The fourth-order valence-corrected chi connectivity index (χ4v) is 1.80. The first-order valence-corrected chi connectivity index (χ1v) is 6.88. The molecule has 110 valence electrons. The van der Waals surface area contributed by atoms with Gasteiger partial charge in [-0.05, 0) is 12.1 Å². The standard InChI is InChI=1S/C14H21N3O2S/c1-19-10-8-16-14(18)11-17(9-7-13(15)20)12-5-3-2-4-6-12/h2-6H,7-11H2,1H3,(H2,15,20)(H,16,18). The molecule has 0 radical (unpaired) electrons. The molecule has 0 aliphatic heterocycles. The van der Waals surface area contributed by atoms with Crippen molar-refractivity contribution >= 4 is 28.8 Å². The number of carbonyl (C=O) groups excluding carboxylic acids is 1. The first-order chi connectivity index (χ1) is 9.63. The molecule has 0 unspecified atom stereocenters. The molecule has 20 heavy (non-hydrogen) atoms. The number of nitrogens with one attached hydrogen (secondary N) is 1. The van der Waals surface area contributed by atoms with Gasteiger partial charge in [-0.2, -0.15) is 0 Å². The van der Waals surface area contributed by atoms with E-state index in [0.717, 1.165) is 5.69 Å². The third-order valence-corrected chi connectivity index (χ3v) is 2.92. The Hall–Kier alpha value is -1.66. The largest absolute Gasteiger partial charge is 0.393 e. The molecule has 0 saturated carbocycles. The van der Waals surface area contributed by atoms with Crippen LogP contribution in [0.2, 0.25) is 0 Å². The van der Waals surface area contributed by atoms with Gasteiger partial charge in [0.1, 0.15) is 0 Å². The number of nitrogens with two attached hydrogens (primary N) is 1. The van der Waals surface area contributed by atoms with Crippen LogP contribution in [0.25, 0.3) is 0 Å². The zero-order valence-corrected chi connectivity index (χ0v) is 12.5. The van der Waals surface area contributed by atoms with Crippen molar-refractivity contribution in [3.63, 3.8) is 0 Å². The van der Waals surface area contributed by atoms with Gasteiger partial charge in [0.25, 0.3) is 0 Å². The summed E-state index contributed by atoms with van der Waals surface area (Å²) in [5.41, 5.74) is 6.51. The number of rotatable bonds is 9. The zero-order valence-electron chi connectivity index (χ0n) is 11.7. The molecule has 1 aromatic carbocycles. The second-order valence-corrected chi connectivity index (χ2v) is 4.84. The van der Waals surface area contributed by atoms with Crippen LogP contribution in [-0.2, 0) is 9.53 Å². The summed E-state index contributed by atoms with van der Waals surface area (Å²) in [7, 11) is 1.60. The van der Waals surface area contributed by atoms with Crippen molar-refractivity contribution < 1.29 is 9.53 Å². The number of para-hydroxylation sites is 1. The van der Waals surface area contributed by atoms with Crippen molar-refractivity contribution in [2.45, 2.75) is 6.42 Å². The monoisotopic (exact) mass is 295 g/mol. The smallest absolute Gasteiger partial charge is 0.239 e. The lowest BCUT2D eigenvalue weighted by Crippen LogP contribution is -2.39. The second kappa shape index (κ2) is 9.28. The lowest BCUT2D eigenvalue weighted by molar-refractivity contribution is -0.119. The number of amides is 1. The van der Waals surface area contributed by atoms with Gasteiger partial charge in [0, 0.05) is 32.3 Å². The zero-order chi connectivity index (χ0) is 14.8. The van der Waals surface area contributed by atoms with Crippen LogP contribution in [0.3, 0.4) is 0 Å². The average Bonchev–Trinajstić information content (AvgIpc) is 2.44. The van der Waals surface area contributed by atoms with E-state index in [1.807, 2.05) is 35.2 Å². The molecule has 1 aromatic rings. The van der Waals surface area contributed by atoms with Crippen LogP contribution >= 0.6 is 12.2 Å². The van der Waals surface area contributed by atoms with Crippen LogP contribution in [0.5, 0.6) is 0 Å². The van der Waals surface area contributed by atoms with Gasteiger partial charge in [-0.3, -0.25) is 4.79 Å². The third-order valence-electron chi connectivity index (χ3n) is 2.71. The van der Waals surface area contributed by atoms with Crippen molar-refractivity contribution in [1.29, 1.82) is 0 Å². The fourth-order valence-electron chi connectivity index (χ4n) is 1.71. The Bertz CT molecular complexity index is 426. The van der Waals surface area contributed by atoms with Gasteiger partial charge < -0.3 is 20.7 Å². The molecule has 6 heteroatoms. The van der Waals surface area contributed by atoms with Gasteiger partial charge in [0.2, 0.25) is 5.91 Å². The number of nitrogens with zero attached hydrogens (tertiary/aromatic N) is 1. The Morgan fingerprint density at radius 2 is 2.10 bits per heavy atom. The van der Waals surface area contributed by atoms with E-state index >= 15 is 0 Å². The molecule has 0 spiro atoms. The van der Waals surface area contributed by atoms with Crippen molar-refractivity contribution in [1.82, 2.24) is 5.32 Å². The lowest BCUT2D eigenvalue weighted by atomic mass is 10.2. The molecule has 0 bridgehead atoms. The summed E-state index contributed by atoms with van der Waals surface area (Å²) in [5.74, 6) is -0.0474. The van der Waals surface area contributed by atoms with Crippen molar-refractivity contribution in [3.05, 3.63) is 30.3 Å². The summed E-state index contributed by atoms with van der Waals surface area (Å²) < 4.78 is 4.90. The quantitative estimate of drug-likeness (QED) is 0.524. The molecule has 0 saturated heterocycles. The first-order valence-electron chi connectivity index (χ1n) is 6.47. The van der Waals surface area contributed by atoms with Gasteiger partial charge in [-0.15, -0.1) is 0 Å². The number of anilines is 1. The predicted molar refractivity (Wildman–Crippen MR) is 84.9 cm³/mol. The van der Waals surface area contributed by atoms with E-state index in [-0.39, 0.29) is 12.5 Å². The number of benzene rings is 1. The highest BCUT2D eigenvalue weighted by molar-refractivity contribution is 7.80. The van der Waals surface area contributed by atoms with Gasteiger partial charge in [0.15, 0.2) is 0 Å². The molecule has 0 atom stereocenters. The van der Waals surface area contributed by atoms with E-state index < -0.39 is 0 Å². The average molecular weight is 295 g/mol. The number of carbonyl (C=O) groups is 1. The Morgan fingerprint density at radius 1 is 1.40 bits per heavy atom. The van der Waals surface area contributed by atoms with Gasteiger partial charge in [-0.1, -0.05) is 30.4 Å². The summed E-state index contributed by atoms with van der Waals surface area (Å²) in [4.78, 5) is 14.3. The van der Waals surface area contributed by atoms with Crippen LogP contribution in [0, 0.1) is 0 Å². The summed E-state index contributed by atoms with van der Waals surface area (Å²) in [6.45, 7) is 1.91. The topological polar surface area (TPSA) is 67.6 Å². The van der Waals surface area contributed by atoms with Crippen LogP contribution in [-0.4, -0.2) is 44.2 Å². The van der Waals surface area contributed by atoms with Crippen LogP contribution < -0.4 is 16.0 Å². The molecular formula is C14H21N3O2S. The minimum absolute atomic E-state index is 0.0474. The lowest BCUT2D eigenvalue weighted by Gasteiger charge is -2.24. The molecule has 1 amide bonds. The first kappa shape index (κ1) is 16.4. The van der Waals surface area contributed by atoms with Crippen LogP contribution in [0.1, 0.15) is 6.42 Å². The van der Waals surface area contributed by atoms with Crippen LogP contribution in [0.15, 0.2) is 30.3 Å². The van der Waals surface area contributed by atoms with Crippen molar-refractivity contribution in [3.8, 4) is 0 Å². The van der Waals surface area contributed by atoms with Crippen LogP contribution in [0.4, 0.5) is 5.69 Å². The predicted octanol–water partition coefficient (Wildman–Crippen LogP) is 0.932. The Balaban J connectivity index is 2.58. The third kappa shape index (κ3) is 6.49.